The van der Waals surface area contributed by atoms with Gasteiger partial charge in [-0.2, -0.15) is 5.26 Å². The molecule has 5 nitrogen and oxygen atoms in total. The van der Waals surface area contributed by atoms with Crippen LogP contribution in [-0.4, -0.2) is 41.0 Å². The van der Waals surface area contributed by atoms with Crippen molar-refractivity contribution in [1.29, 1.82) is 5.26 Å². The predicted molar refractivity (Wildman–Crippen MR) is 68.0 cm³/mol. The number of nitrogens with one attached hydrogen (secondary N) is 1. The van der Waals surface area contributed by atoms with Crippen LogP contribution in [0.2, 0.25) is 0 Å². The molecule has 0 spiro atoms. The molecule has 0 aliphatic carbocycles. The molecule has 1 aromatic rings. The molecule has 0 radical (unpaired) electrons. The largest absolute Gasteiger partial charge is 0.379 e. The van der Waals surface area contributed by atoms with Crippen molar-refractivity contribution >= 4 is 9.84 Å². The Balaban J connectivity index is 2.60. The minimum absolute atomic E-state index is 0.0778. The van der Waals surface area contributed by atoms with Crippen LogP contribution in [0.3, 0.4) is 0 Å². The number of hydrogen-bond donors (Lipinski definition) is 1. The van der Waals surface area contributed by atoms with Gasteiger partial charge in [0, 0.05) is 6.54 Å². The molecule has 0 atom stereocenters. The average molecular weight is 268 g/mol. The summed E-state index contributed by atoms with van der Waals surface area (Å²) in [6.07, 6.45) is 0. The summed E-state index contributed by atoms with van der Waals surface area (Å²) in [4.78, 5) is 0.166. The molecule has 18 heavy (non-hydrogen) atoms. The van der Waals surface area contributed by atoms with Crippen molar-refractivity contribution in [2.45, 2.75) is 4.90 Å². The van der Waals surface area contributed by atoms with E-state index in [1.54, 1.807) is 19.2 Å². The number of rotatable bonds is 7. The fourth-order valence-corrected chi connectivity index (χ4v) is 2.49. The van der Waals surface area contributed by atoms with Crippen LogP contribution in [0.25, 0.3) is 0 Å². The van der Waals surface area contributed by atoms with Crippen LogP contribution < -0.4 is 5.32 Å². The van der Waals surface area contributed by atoms with E-state index in [9.17, 15) is 8.42 Å². The van der Waals surface area contributed by atoms with Gasteiger partial charge < -0.3 is 10.1 Å². The zero-order valence-corrected chi connectivity index (χ0v) is 11.0. The monoisotopic (exact) mass is 268 g/mol. The first-order valence-electron chi connectivity index (χ1n) is 5.55. The van der Waals surface area contributed by atoms with Crippen molar-refractivity contribution in [2.24, 2.45) is 0 Å². The Labute approximate surface area is 107 Å². The van der Waals surface area contributed by atoms with E-state index in [0.717, 1.165) is 0 Å². The van der Waals surface area contributed by atoms with Crippen molar-refractivity contribution < 1.29 is 13.2 Å². The summed E-state index contributed by atoms with van der Waals surface area (Å²) in [5.74, 6) is -0.0778. The van der Waals surface area contributed by atoms with Gasteiger partial charge in [0.25, 0.3) is 0 Å². The third-order valence-electron chi connectivity index (χ3n) is 2.32. The van der Waals surface area contributed by atoms with Gasteiger partial charge in [-0.15, -0.1) is 0 Å². The molecule has 0 fully saturated rings. The lowest BCUT2D eigenvalue weighted by molar-refractivity contribution is 0.152. The van der Waals surface area contributed by atoms with Crippen LogP contribution in [0.5, 0.6) is 0 Å². The maximum absolute atomic E-state index is 11.9. The Kier molecular flexibility index (Phi) is 5.78. The molecule has 6 heteroatoms. The van der Waals surface area contributed by atoms with Crippen LogP contribution in [0.15, 0.2) is 29.2 Å². The van der Waals surface area contributed by atoms with Gasteiger partial charge in [0.1, 0.15) is 0 Å². The smallest absolute Gasteiger partial charge is 0.180 e. The van der Waals surface area contributed by atoms with Gasteiger partial charge in [-0.3, -0.25) is 0 Å². The molecule has 1 aromatic carbocycles. The van der Waals surface area contributed by atoms with E-state index in [0.29, 0.717) is 18.7 Å². The Bertz CT molecular complexity index is 520. The fourth-order valence-electron chi connectivity index (χ4n) is 1.32. The highest BCUT2D eigenvalue weighted by atomic mass is 32.2. The molecule has 0 aliphatic heterocycles. The molecule has 0 bridgehead atoms. The maximum atomic E-state index is 11.9. The van der Waals surface area contributed by atoms with Crippen LogP contribution in [0.1, 0.15) is 5.56 Å². The molecule has 0 saturated carbocycles. The number of likely N-dealkylation sites (N-methyl/N-ethyl adjacent to an activating group) is 1. The average Bonchev–Trinajstić information content (AvgIpc) is 2.38. The summed E-state index contributed by atoms with van der Waals surface area (Å²) in [6, 6.07) is 7.92. The number of nitrogens with zero attached hydrogens (tertiary/aromatic N) is 1. The molecule has 1 rings (SSSR count). The SMILES string of the molecule is CNCCOCCS(=O)(=O)c1cccc(C#N)c1. The summed E-state index contributed by atoms with van der Waals surface area (Å²) in [5.41, 5.74) is 0.340. The minimum atomic E-state index is -3.38. The van der Waals surface area contributed by atoms with E-state index < -0.39 is 9.84 Å². The van der Waals surface area contributed by atoms with Gasteiger partial charge in [0.05, 0.1) is 35.5 Å². The third kappa shape index (κ3) is 4.45. The maximum Gasteiger partial charge on any atom is 0.180 e. The van der Waals surface area contributed by atoms with E-state index in [2.05, 4.69) is 5.32 Å². The lowest BCUT2D eigenvalue weighted by atomic mass is 10.2. The Morgan fingerprint density at radius 3 is 2.83 bits per heavy atom. The summed E-state index contributed by atoms with van der Waals surface area (Å²) in [5, 5.41) is 11.6. The summed E-state index contributed by atoms with van der Waals surface area (Å²) in [7, 11) is -1.58. The first-order chi connectivity index (χ1) is 8.60. The third-order valence-corrected chi connectivity index (χ3v) is 3.99. The highest BCUT2D eigenvalue weighted by molar-refractivity contribution is 7.91. The lowest BCUT2D eigenvalue weighted by Crippen LogP contribution is -2.18. The van der Waals surface area contributed by atoms with Crippen LogP contribution in [0.4, 0.5) is 0 Å². The van der Waals surface area contributed by atoms with Crippen molar-refractivity contribution in [3.63, 3.8) is 0 Å². The number of ether oxygens (including phenoxy) is 1. The summed E-state index contributed by atoms with van der Waals surface area (Å²) >= 11 is 0. The van der Waals surface area contributed by atoms with E-state index >= 15 is 0 Å². The second-order valence-electron chi connectivity index (χ2n) is 3.67. The molecule has 0 heterocycles. The van der Waals surface area contributed by atoms with Gasteiger partial charge in [-0.25, -0.2) is 8.42 Å². The topological polar surface area (TPSA) is 79.2 Å². The quantitative estimate of drug-likeness (QED) is 0.731. The zero-order valence-electron chi connectivity index (χ0n) is 10.2. The molecular formula is C12H16N2O3S. The minimum Gasteiger partial charge on any atom is -0.379 e. The molecule has 0 saturated heterocycles. The van der Waals surface area contributed by atoms with Crippen molar-refractivity contribution in [3.05, 3.63) is 29.8 Å². The highest BCUT2D eigenvalue weighted by Gasteiger charge is 2.14. The summed E-state index contributed by atoms with van der Waals surface area (Å²) in [6.45, 7) is 1.31. The van der Waals surface area contributed by atoms with E-state index in [4.69, 9.17) is 10.00 Å². The van der Waals surface area contributed by atoms with Crippen molar-refractivity contribution in [2.75, 3.05) is 32.6 Å². The molecule has 98 valence electrons. The number of hydrogen-bond acceptors (Lipinski definition) is 5. The standard InChI is InChI=1S/C12H16N2O3S/c1-14-5-6-17-7-8-18(15,16)12-4-2-3-11(9-12)10-13/h2-4,9,14H,5-8H2,1H3. The highest BCUT2D eigenvalue weighted by Crippen LogP contribution is 2.12. The Morgan fingerprint density at radius 2 is 2.17 bits per heavy atom. The normalized spacial score (nSPS) is 11.1. The predicted octanol–water partition coefficient (Wildman–Crippen LogP) is 0.568. The fraction of sp³-hybridized carbons (Fsp3) is 0.417. The first-order valence-corrected chi connectivity index (χ1v) is 7.20. The molecule has 0 amide bonds. The van der Waals surface area contributed by atoms with Crippen molar-refractivity contribution in [3.8, 4) is 6.07 Å². The van der Waals surface area contributed by atoms with Gasteiger partial charge >= 0.3 is 0 Å². The van der Waals surface area contributed by atoms with Crippen LogP contribution in [0, 0.1) is 11.3 Å². The van der Waals surface area contributed by atoms with E-state index in [-0.39, 0.29) is 17.3 Å². The Hall–Kier alpha value is -1.42. The summed E-state index contributed by atoms with van der Waals surface area (Å²) < 4.78 is 29.0. The van der Waals surface area contributed by atoms with Gasteiger partial charge in [0.15, 0.2) is 9.84 Å². The molecule has 1 N–H and O–H groups in total. The number of nitriles is 1. The number of benzene rings is 1. The molecular weight excluding hydrogens is 252 g/mol. The van der Waals surface area contributed by atoms with E-state index in [1.165, 1.54) is 12.1 Å². The molecule has 0 aromatic heterocycles. The van der Waals surface area contributed by atoms with Gasteiger partial charge in [-0.1, -0.05) is 6.07 Å². The first kappa shape index (κ1) is 14.6. The molecule has 0 aliphatic rings. The Morgan fingerprint density at radius 1 is 1.39 bits per heavy atom. The second-order valence-corrected chi connectivity index (χ2v) is 5.78. The van der Waals surface area contributed by atoms with Crippen LogP contribution >= 0.6 is 0 Å². The van der Waals surface area contributed by atoms with Gasteiger partial charge in [0.2, 0.25) is 0 Å². The van der Waals surface area contributed by atoms with Gasteiger partial charge in [-0.05, 0) is 25.2 Å². The number of sulfone groups is 1. The van der Waals surface area contributed by atoms with Crippen LogP contribution in [-0.2, 0) is 14.6 Å². The lowest BCUT2D eigenvalue weighted by Gasteiger charge is -2.06. The molecule has 0 unspecified atom stereocenters. The van der Waals surface area contributed by atoms with Crippen molar-refractivity contribution in [1.82, 2.24) is 5.32 Å². The zero-order chi connectivity index (χ0) is 13.4. The second kappa shape index (κ2) is 7.11. The van der Waals surface area contributed by atoms with E-state index in [1.807, 2.05) is 6.07 Å².